The smallest absolute Gasteiger partial charge is 0.131 e. The third kappa shape index (κ3) is 0.584. The molecule has 0 atom stereocenters. The Kier molecular flexibility index (Phi) is 0.900. The summed E-state index contributed by atoms with van der Waals surface area (Å²) in [5.74, 6) is 0. The zero-order chi connectivity index (χ0) is 4.41. The Morgan fingerprint density at radius 2 is 1.67 bits per heavy atom. The summed E-state index contributed by atoms with van der Waals surface area (Å²) in [5.41, 5.74) is 0. The van der Waals surface area contributed by atoms with E-state index in [0.717, 1.165) is 0 Å². The molecule has 2 heteroatoms. The Balaban J connectivity index is 3.05. The Morgan fingerprint density at radius 1 is 1.17 bits per heavy atom. The van der Waals surface area contributed by atoms with E-state index in [1.54, 1.807) is 0 Å². The highest BCUT2D eigenvalue weighted by atomic mass is 32.2. The molecule has 1 heterocycles. The van der Waals surface area contributed by atoms with Crippen LogP contribution in [0, 0.1) is 0 Å². The summed E-state index contributed by atoms with van der Waals surface area (Å²) in [6, 6.07) is 3.92. The highest BCUT2D eigenvalue weighted by Gasteiger charge is 1.85. The highest BCUT2D eigenvalue weighted by molar-refractivity contribution is 7.28. The van der Waals surface area contributed by atoms with Crippen molar-refractivity contribution in [2.24, 2.45) is 0 Å². The quantitative estimate of drug-likeness (QED) is 0.486. The van der Waals surface area contributed by atoms with E-state index in [4.69, 9.17) is 5.14 Å². The topological polar surface area (TPSA) is 26.0 Å². The maximum atomic E-state index is 5.39. The fourth-order valence-electron chi connectivity index (χ4n) is 0.318. The van der Waals surface area contributed by atoms with Crippen LogP contribution in [0.5, 0.6) is 0 Å². The van der Waals surface area contributed by atoms with Crippen LogP contribution < -0.4 is 5.14 Å². The van der Waals surface area contributed by atoms with E-state index < -0.39 is 0 Å². The van der Waals surface area contributed by atoms with Crippen LogP contribution in [0.1, 0.15) is 0 Å². The van der Waals surface area contributed by atoms with Gasteiger partial charge in [0.25, 0.3) is 0 Å². The van der Waals surface area contributed by atoms with Gasteiger partial charge in [0.15, 0.2) is 10.8 Å². The lowest BCUT2D eigenvalue weighted by molar-refractivity contribution is 2.03. The molecule has 1 aromatic rings. The number of hydrogen-bond donors (Lipinski definition) is 1. The third-order valence-electron chi connectivity index (χ3n) is 0.583. The van der Waals surface area contributed by atoms with Gasteiger partial charge in [-0.25, -0.2) is 0 Å². The minimum atomic E-state index is -0.0340. The second kappa shape index (κ2) is 1.41. The van der Waals surface area contributed by atoms with Gasteiger partial charge in [-0.1, -0.05) is 0 Å². The van der Waals surface area contributed by atoms with Crippen LogP contribution >= 0.6 is 10.7 Å². The summed E-state index contributed by atoms with van der Waals surface area (Å²) < 4.78 is 0. The predicted molar refractivity (Wildman–Crippen MR) is 29.1 cm³/mol. The first kappa shape index (κ1) is 3.84. The van der Waals surface area contributed by atoms with Crippen molar-refractivity contribution in [3.63, 3.8) is 0 Å². The van der Waals surface area contributed by atoms with Gasteiger partial charge in [0, 0.05) is 0 Å². The second-order valence-corrected chi connectivity index (χ2v) is 2.43. The molecule has 2 N–H and O–H groups in total. The van der Waals surface area contributed by atoms with E-state index >= 15 is 0 Å². The predicted octanol–water partition coefficient (Wildman–Crippen LogP) is 1.15. The molecule has 0 amide bonds. The van der Waals surface area contributed by atoms with Crippen molar-refractivity contribution >= 4 is 10.7 Å². The lowest BCUT2D eigenvalue weighted by Crippen LogP contribution is -1.70. The van der Waals surface area contributed by atoms with Crippen molar-refractivity contribution in [1.82, 2.24) is 0 Å². The monoisotopic (exact) mass is 100 g/mol. The third-order valence-corrected chi connectivity index (χ3v) is 1.53. The molecule has 1 nitrogen and oxygen atoms in total. The van der Waals surface area contributed by atoms with Gasteiger partial charge in [-0.05, 0) is 12.1 Å². The fourth-order valence-corrected chi connectivity index (χ4v) is 0.953. The number of rotatable bonds is 0. The summed E-state index contributed by atoms with van der Waals surface area (Å²) in [6.45, 7) is 0. The average Bonchev–Trinajstić information content (AvgIpc) is 1.86. The first-order valence-corrected chi connectivity index (χ1v) is 3.12. The first-order chi connectivity index (χ1) is 2.89. The molecule has 0 aliphatic heterocycles. The molecule has 0 unspecified atom stereocenters. The highest BCUT2D eigenvalue weighted by Crippen LogP contribution is 2.03. The molecule has 6 heavy (non-hydrogen) atoms. The van der Waals surface area contributed by atoms with Gasteiger partial charge in [0.1, 0.15) is 0 Å². The summed E-state index contributed by atoms with van der Waals surface area (Å²) in [4.78, 5) is 0. The van der Waals surface area contributed by atoms with Crippen molar-refractivity contribution in [2.45, 2.75) is 0 Å². The second-order valence-electron chi connectivity index (χ2n) is 1.07. The molecule has 1 rings (SSSR count). The molecule has 0 aromatic carbocycles. The lowest BCUT2D eigenvalue weighted by Gasteiger charge is -1.56. The molecule has 32 valence electrons. The molecule has 0 aliphatic carbocycles. The van der Waals surface area contributed by atoms with Gasteiger partial charge in [-0.2, -0.15) is 0 Å². The van der Waals surface area contributed by atoms with E-state index in [0.29, 0.717) is 0 Å². The van der Waals surface area contributed by atoms with Crippen LogP contribution in [0.15, 0.2) is 22.9 Å². The zero-order valence-corrected chi connectivity index (χ0v) is 4.11. The van der Waals surface area contributed by atoms with Crippen LogP contribution in [-0.2, 0) is 0 Å². The fraction of sp³-hybridized carbons (Fsp3) is 0. The minimum absolute atomic E-state index is 0.0340. The molecular formula is C4H6NS+. The van der Waals surface area contributed by atoms with Gasteiger partial charge in [-0.3, -0.25) is 0 Å². The van der Waals surface area contributed by atoms with Crippen molar-refractivity contribution in [3.8, 4) is 0 Å². The van der Waals surface area contributed by atoms with Gasteiger partial charge in [-0.15, -0.1) is 5.14 Å². The molecule has 0 saturated carbocycles. The van der Waals surface area contributed by atoms with Crippen LogP contribution in [0.3, 0.4) is 0 Å². The van der Waals surface area contributed by atoms with Crippen molar-refractivity contribution < 1.29 is 0 Å². The van der Waals surface area contributed by atoms with E-state index in [2.05, 4.69) is 0 Å². The van der Waals surface area contributed by atoms with Crippen LogP contribution in [-0.4, -0.2) is 0 Å². The Hall–Kier alpha value is -0.340. The largest absolute Gasteiger partial charge is 0.159 e. The maximum Gasteiger partial charge on any atom is 0.159 e. The summed E-state index contributed by atoms with van der Waals surface area (Å²) in [7, 11) is -0.0340. The molecule has 0 fully saturated rings. The van der Waals surface area contributed by atoms with Crippen molar-refractivity contribution in [3.05, 3.63) is 22.9 Å². The van der Waals surface area contributed by atoms with Gasteiger partial charge >= 0.3 is 0 Å². The summed E-state index contributed by atoms with van der Waals surface area (Å²) in [6.07, 6.45) is 0. The van der Waals surface area contributed by atoms with E-state index in [1.165, 1.54) is 0 Å². The Bertz CT molecular complexity index is 111. The van der Waals surface area contributed by atoms with Gasteiger partial charge < -0.3 is 0 Å². The molecule has 0 saturated heterocycles. The van der Waals surface area contributed by atoms with Crippen LogP contribution in [0.25, 0.3) is 0 Å². The van der Waals surface area contributed by atoms with E-state index in [9.17, 15) is 0 Å². The van der Waals surface area contributed by atoms with Crippen molar-refractivity contribution in [1.29, 1.82) is 0 Å². The number of nitrogens with two attached hydrogens (primary N) is 1. The SMILES string of the molecule is N[s+]1cccc1. The normalized spacial score (nSPS) is 8.83. The summed E-state index contributed by atoms with van der Waals surface area (Å²) in [5, 5.41) is 9.33. The molecule has 0 radical (unpaired) electrons. The first-order valence-electron chi connectivity index (χ1n) is 1.71. The van der Waals surface area contributed by atoms with Gasteiger partial charge in [0.2, 0.25) is 0 Å². The van der Waals surface area contributed by atoms with Crippen molar-refractivity contribution in [2.75, 3.05) is 5.14 Å². The van der Waals surface area contributed by atoms with E-state index in [1.807, 2.05) is 22.9 Å². The minimum Gasteiger partial charge on any atom is -0.131 e. The maximum absolute atomic E-state index is 5.39. The molecular weight excluding hydrogens is 94.1 g/mol. The molecule has 0 aliphatic rings. The number of thiophene rings is 1. The van der Waals surface area contributed by atoms with Gasteiger partial charge in [0.05, 0.1) is 10.7 Å². The lowest BCUT2D eigenvalue weighted by atomic mass is 10.7. The Labute approximate surface area is 39.5 Å². The number of hydrogen-bond acceptors (Lipinski definition) is 1. The Morgan fingerprint density at radius 3 is 1.83 bits per heavy atom. The zero-order valence-electron chi connectivity index (χ0n) is 3.29. The molecule has 1 aromatic heterocycles. The van der Waals surface area contributed by atoms with Crippen LogP contribution in [0.2, 0.25) is 0 Å². The average molecular weight is 100 g/mol. The molecule has 0 spiro atoms. The standard InChI is InChI=1S/C4H6NS/c5-6-3-1-2-4-6/h1-4H,5H2/q+1. The molecule has 0 bridgehead atoms. The van der Waals surface area contributed by atoms with Crippen LogP contribution in [0.4, 0.5) is 0 Å². The number of nitrogen functional groups attached to an aromatic ring is 1. The summed E-state index contributed by atoms with van der Waals surface area (Å²) >= 11 is 0. The van der Waals surface area contributed by atoms with E-state index in [-0.39, 0.29) is 10.7 Å².